The second-order valence-electron chi connectivity index (χ2n) is 10.1. The van der Waals surface area contributed by atoms with E-state index < -0.39 is 0 Å². The molecule has 0 aromatic heterocycles. The molecule has 0 heterocycles. The smallest absolute Gasteiger partial charge is 0.0159 e. The molecule has 33 heavy (non-hydrogen) atoms. The predicted molar refractivity (Wildman–Crippen MR) is 143 cm³/mol. The van der Waals surface area contributed by atoms with Gasteiger partial charge in [0.1, 0.15) is 0 Å². The van der Waals surface area contributed by atoms with Crippen LogP contribution in [-0.2, 0) is 18.3 Å². The third kappa shape index (κ3) is 3.62. The van der Waals surface area contributed by atoms with Crippen LogP contribution in [0.15, 0.2) is 78.9 Å². The molecule has 0 heteroatoms. The van der Waals surface area contributed by atoms with E-state index in [9.17, 15) is 0 Å². The third-order valence-corrected chi connectivity index (χ3v) is 7.54. The maximum atomic E-state index is 2.42. The first-order valence-electron chi connectivity index (χ1n) is 12.4. The Labute approximate surface area is 199 Å². The molecule has 0 bridgehead atoms. The molecule has 4 aromatic rings. The maximum Gasteiger partial charge on any atom is 0.0159 e. The van der Waals surface area contributed by atoms with E-state index in [0.29, 0.717) is 0 Å². The van der Waals surface area contributed by atoms with E-state index in [1.807, 2.05) is 0 Å². The number of rotatable bonds is 5. The quantitative estimate of drug-likeness (QED) is 0.296. The molecular weight excluding hydrogens is 396 g/mol. The van der Waals surface area contributed by atoms with Crippen LogP contribution in [0.4, 0.5) is 0 Å². The Balaban J connectivity index is 1.57. The second kappa shape index (κ2) is 8.34. The highest BCUT2D eigenvalue weighted by molar-refractivity contribution is 5.84. The van der Waals surface area contributed by atoms with Gasteiger partial charge in [0.15, 0.2) is 0 Å². The minimum absolute atomic E-state index is 0.0343. The SMILES string of the molecule is CCCc1ccc(CC)cc1-c1ccc(-c2ccc3c(c2)C(C)(C)c2ccccc2-3)cc1C. The Hall–Kier alpha value is -3.12. The van der Waals surface area contributed by atoms with Crippen molar-refractivity contribution in [3.05, 3.63) is 107 Å². The van der Waals surface area contributed by atoms with E-state index in [1.54, 1.807) is 0 Å². The molecule has 4 aromatic carbocycles. The summed E-state index contributed by atoms with van der Waals surface area (Å²) in [5, 5.41) is 0. The molecule has 0 nitrogen and oxygen atoms in total. The van der Waals surface area contributed by atoms with Gasteiger partial charge in [0.05, 0.1) is 0 Å². The van der Waals surface area contributed by atoms with Crippen LogP contribution >= 0.6 is 0 Å². The van der Waals surface area contributed by atoms with E-state index in [2.05, 4.69) is 113 Å². The van der Waals surface area contributed by atoms with Gasteiger partial charge in [-0.2, -0.15) is 0 Å². The highest BCUT2D eigenvalue weighted by atomic mass is 14.4. The average molecular weight is 431 g/mol. The molecule has 0 saturated carbocycles. The van der Waals surface area contributed by atoms with Crippen LogP contribution in [-0.4, -0.2) is 0 Å². The lowest BCUT2D eigenvalue weighted by Gasteiger charge is -2.22. The summed E-state index contributed by atoms with van der Waals surface area (Å²) in [6.45, 7) is 11.5. The fourth-order valence-electron chi connectivity index (χ4n) is 5.61. The van der Waals surface area contributed by atoms with E-state index in [0.717, 1.165) is 12.8 Å². The van der Waals surface area contributed by atoms with Crippen LogP contribution in [0.25, 0.3) is 33.4 Å². The van der Waals surface area contributed by atoms with Crippen molar-refractivity contribution in [3.8, 4) is 33.4 Å². The minimum atomic E-state index is 0.0343. The lowest BCUT2D eigenvalue weighted by Crippen LogP contribution is -2.14. The summed E-state index contributed by atoms with van der Waals surface area (Å²) in [4.78, 5) is 0. The van der Waals surface area contributed by atoms with Gasteiger partial charge in [0.25, 0.3) is 0 Å². The van der Waals surface area contributed by atoms with Gasteiger partial charge in [-0.25, -0.2) is 0 Å². The molecule has 0 radical (unpaired) electrons. The van der Waals surface area contributed by atoms with Crippen molar-refractivity contribution in [2.45, 2.75) is 59.3 Å². The van der Waals surface area contributed by atoms with Crippen molar-refractivity contribution in [3.63, 3.8) is 0 Å². The number of hydrogen-bond donors (Lipinski definition) is 0. The Morgan fingerprint density at radius 2 is 1.33 bits per heavy atom. The summed E-state index contributed by atoms with van der Waals surface area (Å²) in [5.74, 6) is 0. The average Bonchev–Trinajstić information content (AvgIpc) is 3.06. The molecule has 1 aliphatic carbocycles. The predicted octanol–water partition coefficient (Wildman–Crippen LogP) is 9.15. The van der Waals surface area contributed by atoms with Crippen molar-refractivity contribution in [1.82, 2.24) is 0 Å². The zero-order valence-electron chi connectivity index (χ0n) is 20.6. The molecule has 0 fully saturated rings. The Bertz CT molecular complexity index is 1340. The molecule has 1 aliphatic rings. The lowest BCUT2D eigenvalue weighted by molar-refractivity contribution is 0.660. The molecule has 0 N–H and O–H groups in total. The standard InChI is InChI=1S/C33H34/c1-6-10-24-14-13-23(7-2)20-30(24)27-17-15-25(19-22(27)3)26-16-18-29-28-11-8-9-12-31(28)33(4,5)32(29)21-26/h8-9,11-21H,6-7,10H2,1-5H3. The highest BCUT2D eigenvalue weighted by Gasteiger charge is 2.35. The molecule has 0 spiro atoms. The first-order valence-corrected chi connectivity index (χ1v) is 12.4. The van der Waals surface area contributed by atoms with Crippen molar-refractivity contribution in [2.75, 3.05) is 0 Å². The molecule has 166 valence electrons. The van der Waals surface area contributed by atoms with Crippen LogP contribution in [0.3, 0.4) is 0 Å². The summed E-state index contributed by atoms with van der Waals surface area (Å²) >= 11 is 0. The van der Waals surface area contributed by atoms with Gasteiger partial charge in [0.2, 0.25) is 0 Å². The van der Waals surface area contributed by atoms with Gasteiger partial charge in [-0.1, -0.05) is 107 Å². The van der Waals surface area contributed by atoms with Crippen molar-refractivity contribution in [2.24, 2.45) is 0 Å². The van der Waals surface area contributed by atoms with E-state index in [1.165, 1.54) is 67.6 Å². The van der Waals surface area contributed by atoms with Gasteiger partial charge in [-0.15, -0.1) is 0 Å². The fraction of sp³-hybridized carbons (Fsp3) is 0.273. The van der Waals surface area contributed by atoms with Gasteiger partial charge in [-0.3, -0.25) is 0 Å². The molecule has 0 unspecified atom stereocenters. The summed E-state index contributed by atoms with van der Waals surface area (Å²) < 4.78 is 0. The Morgan fingerprint density at radius 1 is 0.636 bits per heavy atom. The van der Waals surface area contributed by atoms with E-state index >= 15 is 0 Å². The van der Waals surface area contributed by atoms with Gasteiger partial charge in [-0.05, 0) is 87.0 Å². The first kappa shape index (κ1) is 21.7. The third-order valence-electron chi connectivity index (χ3n) is 7.54. The van der Waals surface area contributed by atoms with Crippen LogP contribution in [0.5, 0.6) is 0 Å². The van der Waals surface area contributed by atoms with Crippen molar-refractivity contribution < 1.29 is 0 Å². The molecule has 0 saturated heterocycles. The topological polar surface area (TPSA) is 0 Å². The van der Waals surface area contributed by atoms with Gasteiger partial charge in [0, 0.05) is 5.41 Å². The highest BCUT2D eigenvalue weighted by Crippen LogP contribution is 2.49. The van der Waals surface area contributed by atoms with Crippen LogP contribution in [0.1, 0.15) is 61.9 Å². The molecule has 0 atom stereocenters. The fourth-order valence-corrected chi connectivity index (χ4v) is 5.61. The van der Waals surface area contributed by atoms with Crippen LogP contribution in [0.2, 0.25) is 0 Å². The normalized spacial score (nSPS) is 13.6. The van der Waals surface area contributed by atoms with Crippen molar-refractivity contribution in [1.29, 1.82) is 0 Å². The maximum absolute atomic E-state index is 2.42. The summed E-state index contributed by atoms with van der Waals surface area (Å²) in [6.07, 6.45) is 3.37. The van der Waals surface area contributed by atoms with Crippen LogP contribution < -0.4 is 0 Å². The number of aryl methyl sites for hydroxylation is 3. The molecule has 0 aliphatic heterocycles. The summed E-state index contributed by atoms with van der Waals surface area (Å²) in [6, 6.07) is 30.0. The lowest BCUT2D eigenvalue weighted by atomic mass is 9.81. The Kier molecular flexibility index (Phi) is 5.49. The summed E-state index contributed by atoms with van der Waals surface area (Å²) in [7, 11) is 0. The van der Waals surface area contributed by atoms with Gasteiger partial charge >= 0.3 is 0 Å². The largest absolute Gasteiger partial charge is 0.0651 e. The zero-order chi connectivity index (χ0) is 23.2. The first-order chi connectivity index (χ1) is 15.9. The Morgan fingerprint density at radius 3 is 2.06 bits per heavy atom. The second-order valence-corrected chi connectivity index (χ2v) is 10.1. The van der Waals surface area contributed by atoms with Crippen molar-refractivity contribution >= 4 is 0 Å². The van der Waals surface area contributed by atoms with Gasteiger partial charge < -0.3 is 0 Å². The van der Waals surface area contributed by atoms with E-state index in [-0.39, 0.29) is 5.41 Å². The zero-order valence-corrected chi connectivity index (χ0v) is 20.6. The molecule has 5 rings (SSSR count). The number of hydrogen-bond acceptors (Lipinski definition) is 0. The number of fused-ring (bicyclic) bond motifs is 3. The monoisotopic (exact) mass is 430 g/mol. The number of benzene rings is 4. The minimum Gasteiger partial charge on any atom is -0.0651 e. The molecule has 0 amide bonds. The molecular formula is C33H34. The van der Waals surface area contributed by atoms with Crippen LogP contribution in [0, 0.1) is 6.92 Å². The summed E-state index contributed by atoms with van der Waals surface area (Å²) in [5.41, 5.74) is 15.3. The van der Waals surface area contributed by atoms with E-state index in [4.69, 9.17) is 0 Å².